The van der Waals surface area contributed by atoms with E-state index in [-0.39, 0.29) is 16.6 Å². The fourth-order valence-corrected chi connectivity index (χ4v) is 1.24. The number of hydrogen-bond donors (Lipinski definition) is 0. The minimum atomic E-state index is -2.96. The number of nitrogens with zero attached hydrogens (tertiary/aromatic N) is 1. The molecule has 0 bridgehead atoms. The van der Waals surface area contributed by atoms with E-state index in [1.165, 1.54) is 0 Å². The Balaban J connectivity index is 3.22. The van der Waals surface area contributed by atoms with Crippen LogP contribution in [0.25, 0.3) is 0 Å². The summed E-state index contributed by atoms with van der Waals surface area (Å²) in [4.78, 5) is 3.30. The third kappa shape index (κ3) is 2.25. The molecule has 72 valence electrons. The molecule has 0 saturated heterocycles. The van der Waals surface area contributed by atoms with Gasteiger partial charge in [-0.05, 0) is 6.07 Å². The molecule has 0 aromatic carbocycles. The van der Waals surface area contributed by atoms with Gasteiger partial charge in [0.15, 0.2) is 5.82 Å². The molecular weight excluding hydrogens is 226 g/mol. The molecule has 0 amide bonds. The second-order valence-corrected chi connectivity index (χ2v) is 2.89. The first-order valence-corrected chi connectivity index (χ1v) is 4.16. The van der Waals surface area contributed by atoms with E-state index in [4.69, 9.17) is 23.2 Å². The zero-order chi connectivity index (χ0) is 10.0. The minimum absolute atomic E-state index is 0.0445. The van der Waals surface area contributed by atoms with Crippen molar-refractivity contribution in [2.75, 3.05) is 0 Å². The Hall–Kier alpha value is -0.480. The SMILES string of the molecule is Fc1cc(Cl)c(CCl)nc1C(F)F. The van der Waals surface area contributed by atoms with Crippen LogP contribution in [0.3, 0.4) is 0 Å². The van der Waals surface area contributed by atoms with Gasteiger partial charge in [-0.1, -0.05) is 11.6 Å². The molecule has 0 atom stereocenters. The molecule has 1 aromatic heterocycles. The van der Waals surface area contributed by atoms with E-state index in [0.717, 1.165) is 6.07 Å². The summed E-state index contributed by atoms with van der Waals surface area (Å²) in [5.74, 6) is -1.24. The molecular formula is C7H4Cl2F3N. The van der Waals surface area contributed by atoms with Crippen LogP contribution in [0.4, 0.5) is 13.2 Å². The summed E-state index contributed by atoms with van der Waals surface area (Å²) in [5, 5.41) is -0.0445. The Morgan fingerprint density at radius 2 is 2.08 bits per heavy atom. The Bertz CT molecular complexity index is 317. The van der Waals surface area contributed by atoms with Gasteiger partial charge < -0.3 is 0 Å². The van der Waals surface area contributed by atoms with Crippen LogP contribution in [0.15, 0.2) is 6.07 Å². The van der Waals surface area contributed by atoms with Crippen LogP contribution in [-0.4, -0.2) is 4.98 Å². The van der Waals surface area contributed by atoms with Crippen LogP contribution in [-0.2, 0) is 5.88 Å². The van der Waals surface area contributed by atoms with Crippen molar-refractivity contribution in [3.05, 3.63) is 28.3 Å². The van der Waals surface area contributed by atoms with E-state index in [1.807, 2.05) is 0 Å². The van der Waals surface area contributed by atoms with Crippen LogP contribution in [0.1, 0.15) is 17.8 Å². The lowest BCUT2D eigenvalue weighted by Crippen LogP contribution is -1.99. The zero-order valence-electron chi connectivity index (χ0n) is 6.20. The fourth-order valence-electron chi connectivity index (χ4n) is 0.767. The second-order valence-electron chi connectivity index (χ2n) is 2.22. The molecule has 0 spiro atoms. The molecule has 0 aliphatic heterocycles. The number of halogens is 5. The number of hydrogen-bond acceptors (Lipinski definition) is 1. The maximum absolute atomic E-state index is 12.7. The van der Waals surface area contributed by atoms with Crippen LogP contribution >= 0.6 is 23.2 Å². The highest BCUT2D eigenvalue weighted by atomic mass is 35.5. The van der Waals surface area contributed by atoms with Gasteiger partial charge in [0, 0.05) is 0 Å². The predicted octanol–water partition coefficient (Wildman–Crippen LogP) is 3.55. The molecule has 0 aliphatic carbocycles. The molecule has 0 radical (unpaired) electrons. The number of rotatable bonds is 2. The summed E-state index contributed by atoms with van der Waals surface area (Å²) in [5.41, 5.74) is -0.861. The van der Waals surface area contributed by atoms with Gasteiger partial charge in [0.1, 0.15) is 5.69 Å². The molecule has 0 saturated carbocycles. The summed E-state index contributed by atoms with van der Waals surface area (Å²) in [6.45, 7) is 0. The van der Waals surface area contributed by atoms with Crippen LogP contribution < -0.4 is 0 Å². The van der Waals surface area contributed by atoms with E-state index in [2.05, 4.69) is 4.98 Å². The first-order valence-electron chi connectivity index (χ1n) is 3.25. The predicted molar refractivity (Wildman–Crippen MR) is 43.7 cm³/mol. The van der Waals surface area contributed by atoms with E-state index < -0.39 is 17.9 Å². The molecule has 1 aromatic rings. The largest absolute Gasteiger partial charge is 0.283 e. The van der Waals surface area contributed by atoms with Crippen molar-refractivity contribution in [1.29, 1.82) is 0 Å². The van der Waals surface area contributed by atoms with E-state index in [1.54, 1.807) is 0 Å². The highest BCUT2D eigenvalue weighted by molar-refractivity contribution is 6.32. The molecule has 0 fully saturated rings. The average Bonchev–Trinajstić information content (AvgIpc) is 2.03. The second kappa shape index (κ2) is 4.15. The lowest BCUT2D eigenvalue weighted by Gasteiger charge is -2.04. The van der Waals surface area contributed by atoms with Crippen molar-refractivity contribution in [2.24, 2.45) is 0 Å². The Morgan fingerprint density at radius 3 is 2.54 bits per heavy atom. The van der Waals surface area contributed by atoms with Crippen molar-refractivity contribution in [3.63, 3.8) is 0 Å². The van der Waals surface area contributed by atoms with Gasteiger partial charge >= 0.3 is 0 Å². The first-order chi connectivity index (χ1) is 6.06. The summed E-state index contributed by atoms with van der Waals surface area (Å²) in [7, 11) is 0. The van der Waals surface area contributed by atoms with E-state index >= 15 is 0 Å². The topological polar surface area (TPSA) is 12.9 Å². The number of aromatic nitrogens is 1. The third-order valence-electron chi connectivity index (χ3n) is 1.36. The maximum atomic E-state index is 12.7. The summed E-state index contributed by atoms with van der Waals surface area (Å²) in [6.07, 6.45) is -2.96. The molecule has 1 heterocycles. The minimum Gasteiger partial charge on any atom is -0.246 e. The monoisotopic (exact) mass is 229 g/mol. The molecule has 0 aliphatic rings. The van der Waals surface area contributed by atoms with Crippen molar-refractivity contribution >= 4 is 23.2 Å². The lowest BCUT2D eigenvalue weighted by atomic mass is 10.3. The molecule has 0 unspecified atom stereocenters. The van der Waals surface area contributed by atoms with Gasteiger partial charge in [-0.15, -0.1) is 11.6 Å². The molecule has 1 rings (SSSR count). The zero-order valence-corrected chi connectivity index (χ0v) is 7.71. The van der Waals surface area contributed by atoms with Gasteiger partial charge in [0.05, 0.1) is 16.6 Å². The summed E-state index contributed by atoms with van der Waals surface area (Å²) in [6, 6.07) is 0.785. The molecule has 1 nitrogen and oxygen atoms in total. The smallest absolute Gasteiger partial charge is 0.246 e. The van der Waals surface area contributed by atoms with Gasteiger partial charge in [0.25, 0.3) is 6.43 Å². The summed E-state index contributed by atoms with van der Waals surface area (Å²) < 4.78 is 36.9. The maximum Gasteiger partial charge on any atom is 0.283 e. The summed E-state index contributed by atoms with van der Waals surface area (Å²) >= 11 is 10.8. The van der Waals surface area contributed by atoms with E-state index in [9.17, 15) is 13.2 Å². The lowest BCUT2D eigenvalue weighted by molar-refractivity contribution is 0.140. The van der Waals surface area contributed by atoms with E-state index in [0.29, 0.717) is 0 Å². The Labute approximate surface area is 82.5 Å². The van der Waals surface area contributed by atoms with Crippen molar-refractivity contribution in [1.82, 2.24) is 4.98 Å². The first kappa shape index (κ1) is 10.6. The molecule has 0 N–H and O–H groups in total. The average molecular weight is 230 g/mol. The van der Waals surface area contributed by atoms with Gasteiger partial charge in [-0.3, -0.25) is 0 Å². The van der Waals surface area contributed by atoms with Gasteiger partial charge in [0.2, 0.25) is 0 Å². The highest BCUT2D eigenvalue weighted by Gasteiger charge is 2.17. The normalized spacial score (nSPS) is 10.9. The third-order valence-corrected chi connectivity index (χ3v) is 1.94. The van der Waals surface area contributed by atoms with Crippen molar-refractivity contribution in [3.8, 4) is 0 Å². The van der Waals surface area contributed by atoms with Gasteiger partial charge in [-0.2, -0.15) is 0 Å². The highest BCUT2D eigenvalue weighted by Crippen LogP contribution is 2.25. The van der Waals surface area contributed by atoms with Crippen molar-refractivity contribution in [2.45, 2.75) is 12.3 Å². The fraction of sp³-hybridized carbons (Fsp3) is 0.286. The molecule has 6 heteroatoms. The van der Waals surface area contributed by atoms with Crippen molar-refractivity contribution < 1.29 is 13.2 Å². The molecule has 13 heavy (non-hydrogen) atoms. The Kier molecular flexibility index (Phi) is 3.39. The standard InChI is InChI=1S/C7H4Cl2F3N/c8-2-5-3(9)1-4(10)6(13-5)7(11)12/h1,7H,2H2. The van der Waals surface area contributed by atoms with Crippen LogP contribution in [0.2, 0.25) is 5.02 Å². The quantitative estimate of drug-likeness (QED) is 0.708. The number of alkyl halides is 3. The number of pyridine rings is 1. The van der Waals surface area contributed by atoms with Crippen LogP contribution in [0, 0.1) is 5.82 Å². The Morgan fingerprint density at radius 1 is 1.46 bits per heavy atom. The van der Waals surface area contributed by atoms with Crippen LogP contribution in [0.5, 0.6) is 0 Å². The van der Waals surface area contributed by atoms with Gasteiger partial charge in [-0.25, -0.2) is 18.2 Å².